The smallest absolute Gasteiger partial charge is 0.422 e. The number of hydrogen-bond acceptors (Lipinski definition) is 5. The predicted molar refractivity (Wildman–Crippen MR) is 86.6 cm³/mol. The molecular weight excluding hydrogens is 368 g/mol. The molecule has 140 valence electrons. The Labute approximate surface area is 150 Å². The van der Waals surface area contributed by atoms with E-state index in [-0.39, 0.29) is 12.1 Å². The van der Waals surface area contributed by atoms with E-state index in [9.17, 15) is 22.4 Å². The third-order valence-electron chi connectivity index (χ3n) is 3.43. The summed E-state index contributed by atoms with van der Waals surface area (Å²) in [5.41, 5.74) is 0.509. The van der Waals surface area contributed by atoms with Crippen molar-refractivity contribution in [3.05, 3.63) is 70.5 Å². The van der Waals surface area contributed by atoms with E-state index in [1.807, 2.05) is 0 Å². The Morgan fingerprint density at radius 3 is 2.41 bits per heavy atom. The van der Waals surface area contributed by atoms with Gasteiger partial charge in [0.2, 0.25) is 0 Å². The molecule has 0 bridgehead atoms. The van der Waals surface area contributed by atoms with E-state index >= 15 is 0 Å². The highest BCUT2D eigenvalue weighted by molar-refractivity contribution is 5.55. The van der Waals surface area contributed by atoms with Gasteiger partial charge in [-0.3, -0.25) is 4.79 Å². The Hall–Kier alpha value is -3.30. The van der Waals surface area contributed by atoms with Crippen LogP contribution in [0.25, 0.3) is 11.3 Å². The molecule has 0 saturated heterocycles. The number of halogens is 4. The minimum absolute atomic E-state index is 0.0764. The van der Waals surface area contributed by atoms with E-state index < -0.39 is 30.2 Å². The molecule has 0 aliphatic carbocycles. The molecule has 27 heavy (non-hydrogen) atoms. The lowest BCUT2D eigenvalue weighted by Crippen LogP contribution is -2.23. The van der Waals surface area contributed by atoms with Gasteiger partial charge < -0.3 is 4.74 Å². The molecule has 0 atom stereocenters. The number of ether oxygens (including phenoxy) is 1. The summed E-state index contributed by atoms with van der Waals surface area (Å²) in [5, 5.41) is 4.13. The molecule has 0 N–H and O–H groups in total. The SMILES string of the molecule is O=c1ccc(-c2cnc(OCC(F)(F)F)nc2)nn1Cc1ccccc1F. The summed E-state index contributed by atoms with van der Waals surface area (Å²) in [6.07, 6.45) is -2.05. The summed E-state index contributed by atoms with van der Waals surface area (Å²) in [5.74, 6) is -0.467. The number of benzene rings is 1. The topological polar surface area (TPSA) is 69.9 Å². The van der Waals surface area contributed by atoms with E-state index in [0.717, 1.165) is 4.68 Å². The first-order valence-electron chi connectivity index (χ1n) is 7.65. The zero-order valence-electron chi connectivity index (χ0n) is 13.7. The van der Waals surface area contributed by atoms with Gasteiger partial charge in [0.05, 0.1) is 12.2 Å². The number of rotatable bonds is 5. The van der Waals surface area contributed by atoms with Gasteiger partial charge in [-0.25, -0.2) is 19.0 Å². The number of nitrogens with zero attached hydrogens (tertiary/aromatic N) is 4. The van der Waals surface area contributed by atoms with Crippen LogP contribution in [0.4, 0.5) is 17.6 Å². The Morgan fingerprint density at radius 2 is 1.74 bits per heavy atom. The standard InChI is InChI=1S/C17H12F4N4O2/c18-13-4-2-1-3-11(13)9-25-15(26)6-5-14(24-25)12-7-22-16(23-8-12)27-10-17(19,20)21/h1-8H,9-10H2. The van der Waals surface area contributed by atoms with Crippen LogP contribution in [0.3, 0.4) is 0 Å². The van der Waals surface area contributed by atoms with Crippen LogP contribution in [-0.2, 0) is 6.54 Å². The van der Waals surface area contributed by atoms with E-state index in [0.29, 0.717) is 11.3 Å². The normalized spacial score (nSPS) is 11.4. The molecule has 2 aromatic heterocycles. The summed E-state index contributed by atoms with van der Waals surface area (Å²) < 4.78 is 55.7. The fourth-order valence-corrected chi connectivity index (χ4v) is 2.17. The van der Waals surface area contributed by atoms with Crippen molar-refractivity contribution >= 4 is 0 Å². The first-order chi connectivity index (χ1) is 12.8. The van der Waals surface area contributed by atoms with Gasteiger partial charge in [-0.15, -0.1) is 0 Å². The molecule has 2 heterocycles. The second-order valence-corrected chi connectivity index (χ2v) is 5.46. The van der Waals surface area contributed by atoms with Crippen LogP contribution in [0, 0.1) is 5.82 Å². The Balaban J connectivity index is 1.81. The van der Waals surface area contributed by atoms with Gasteiger partial charge in [-0.05, 0) is 12.1 Å². The molecule has 0 aliphatic rings. The highest BCUT2D eigenvalue weighted by Crippen LogP contribution is 2.18. The molecule has 10 heteroatoms. The fraction of sp³-hybridized carbons (Fsp3) is 0.176. The summed E-state index contributed by atoms with van der Waals surface area (Å²) in [6, 6.07) is 8.21. The third kappa shape index (κ3) is 4.87. The monoisotopic (exact) mass is 380 g/mol. The molecule has 0 fully saturated rings. The van der Waals surface area contributed by atoms with Crippen molar-refractivity contribution in [2.24, 2.45) is 0 Å². The van der Waals surface area contributed by atoms with Crippen LogP contribution < -0.4 is 10.3 Å². The van der Waals surface area contributed by atoms with E-state index in [4.69, 9.17) is 0 Å². The van der Waals surface area contributed by atoms with Crippen molar-refractivity contribution < 1.29 is 22.3 Å². The molecule has 0 spiro atoms. The largest absolute Gasteiger partial charge is 0.454 e. The zero-order chi connectivity index (χ0) is 19.4. The summed E-state index contributed by atoms with van der Waals surface area (Å²) in [4.78, 5) is 19.3. The van der Waals surface area contributed by atoms with Gasteiger partial charge in [0, 0.05) is 29.6 Å². The number of hydrogen-bond donors (Lipinski definition) is 0. The van der Waals surface area contributed by atoms with Crippen LogP contribution in [-0.4, -0.2) is 32.5 Å². The quantitative estimate of drug-likeness (QED) is 0.637. The van der Waals surface area contributed by atoms with E-state index in [1.54, 1.807) is 6.07 Å². The highest BCUT2D eigenvalue weighted by atomic mass is 19.4. The maximum Gasteiger partial charge on any atom is 0.422 e. The molecule has 6 nitrogen and oxygen atoms in total. The summed E-state index contributed by atoms with van der Waals surface area (Å²) in [6.45, 7) is -1.58. The van der Waals surface area contributed by atoms with Crippen LogP contribution in [0.1, 0.15) is 5.56 Å². The molecular formula is C17H12F4N4O2. The number of aromatic nitrogens is 4. The maximum atomic E-state index is 13.8. The average Bonchev–Trinajstić information content (AvgIpc) is 2.63. The number of alkyl halides is 3. The molecule has 0 unspecified atom stereocenters. The van der Waals surface area contributed by atoms with E-state index in [1.165, 1.54) is 42.7 Å². The molecule has 0 radical (unpaired) electrons. The van der Waals surface area contributed by atoms with Gasteiger partial charge >= 0.3 is 12.2 Å². The summed E-state index contributed by atoms with van der Waals surface area (Å²) >= 11 is 0. The zero-order valence-corrected chi connectivity index (χ0v) is 13.7. The van der Waals surface area contributed by atoms with Crippen molar-refractivity contribution in [3.63, 3.8) is 0 Å². The molecule has 0 aliphatic heterocycles. The Morgan fingerprint density at radius 1 is 1.04 bits per heavy atom. The van der Waals surface area contributed by atoms with E-state index in [2.05, 4.69) is 19.8 Å². The lowest BCUT2D eigenvalue weighted by atomic mass is 10.2. The predicted octanol–water partition coefficient (Wildman–Crippen LogP) is 2.83. The van der Waals surface area contributed by atoms with Gasteiger partial charge in [-0.1, -0.05) is 18.2 Å². The van der Waals surface area contributed by atoms with Crippen molar-refractivity contribution in [2.75, 3.05) is 6.61 Å². The molecule has 1 aromatic carbocycles. The minimum Gasteiger partial charge on any atom is -0.454 e. The van der Waals surface area contributed by atoms with Crippen LogP contribution in [0.5, 0.6) is 6.01 Å². The highest BCUT2D eigenvalue weighted by Gasteiger charge is 2.28. The first-order valence-corrected chi connectivity index (χ1v) is 7.65. The lowest BCUT2D eigenvalue weighted by molar-refractivity contribution is -0.154. The average molecular weight is 380 g/mol. The summed E-state index contributed by atoms with van der Waals surface area (Å²) in [7, 11) is 0. The van der Waals surface area contributed by atoms with Gasteiger partial charge in [-0.2, -0.15) is 18.3 Å². The lowest BCUT2D eigenvalue weighted by Gasteiger charge is -2.09. The third-order valence-corrected chi connectivity index (χ3v) is 3.43. The van der Waals surface area contributed by atoms with Gasteiger partial charge in [0.25, 0.3) is 5.56 Å². The van der Waals surface area contributed by atoms with Crippen LogP contribution in [0.15, 0.2) is 53.6 Å². The van der Waals surface area contributed by atoms with Gasteiger partial charge in [0.1, 0.15) is 5.82 Å². The van der Waals surface area contributed by atoms with Crippen LogP contribution in [0.2, 0.25) is 0 Å². The second-order valence-electron chi connectivity index (χ2n) is 5.46. The molecule has 3 aromatic rings. The fourth-order valence-electron chi connectivity index (χ4n) is 2.17. The van der Waals surface area contributed by atoms with Gasteiger partial charge in [0.15, 0.2) is 6.61 Å². The first kappa shape index (κ1) is 18.5. The maximum absolute atomic E-state index is 13.8. The minimum atomic E-state index is -4.49. The van der Waals surface area contributed by atoms with Crippen LogP contribution >= 0.6 is 0 Å². The molecule has 3 rings (SSSR count). The Bertz CT molecular complexity index is 987. The van der Waals surface area contributed by atoms with Crippen molar-refractivity contribution in [3.8, 4) is 17.3 Å². The van der Waals surface area contributed by atoms with Crippen molar-refractivity contribution in [1.82, 2.24) is 19.7 Å². The van der Waals surface area contributed by atoms with Crippen molar-refractivity contribution in [1.29, 1.82) is 0 Å². The Kier molecular flexibility index (Phi) is 5.15. The molecule has 0 amide bonds. The second kappa shape index (κ2) is 7.52. The molecule has 0 saturated carbocycles. The van der Waals surface area contributed by atoms with Crippen molar-refractivity contribution in [2.45, 2.75) is 12.7 Å².